The van der Waals surface area contributed by atoms with Gasteiger partial charge in [0.25, 0.3) is 5.91 Å². The molecule has 11 heteroatoms. The molecule has 0 unspecified atom stereocenters. The highest BCUT2D eigenvalue weighted by molar-refractivity contribution is 7.89. The molecule has 1 aliphatic rings. The van der Waals surface area contributed by atoms with Crippen LogP contribution >= 0.6 is 0 Å². The fourth-order valence-electron chi connectivity index (χ4n) is 3.35. The van der Waals surface area contributed by atoms with Crippen molar-refractivity contribution in [3.63, 3.8) is 0 Å². The van der Waals surface area contributed by atoms with Gasteiger partial charge in [-0.05, 0) is 68.7 Å². The molecule has 1 fully saturated rings. The Morgan fingerprint density at radius 1 is 0.939 bits per heavy atom. The van der Waals surface area contributed by atoms with Crippen molar-refractivity contribution in [1.82, 2.24) is 14.3 Å². The van der Waals surface area contributed by atoms with Crippen molar-refractivity contribution in [3.8, 4) is 5.75 Å². The van der Waals surface area contributed by atoms with Gasteiger partial charge in [0.1, 0.15) is 5.75 Å². The van der Waals surface area contributed by atoms with Crippen LogP contribution in [0.1, 0.15) is 32.3 Å². The Bertz CT molecular complexity index is 1160. The normalized spacial score (nSPS) is 15.0. The summed E-state index contributed by atoms with van der Waals surface area (Å²) in [5.41, 5.74) is 0.760. The number of nitrogens with one attached hydrogen (secondary N) is 2. The first kappa shape index (κ1) is 25.2. The lowest BCUT2D eigenvalue weighted by Gasteiger charge is -2.15. The van der Waals surface area contributed by atoms with Crippen molar-refractivity contribution in [2.45, 2.75) is 49.1 Å². The number of carbonyl (C=O) groups is 1. The Hall–Kier alpha value is -2.47. The van der Waals surface area contributed by atoms with Crippen LogP contribution in [0, 0.1) is 0 Å². The van der Waals surface area contributed by atoms with Gasteiger partial charge in [0, 0.05) is 25.7 Å². The van der Waals surface area contributed by atoms with E-state index in [1.807, 2.05) is 0 Å². The number of ether oxygens (including phenoxy) is 1. The maximum Gasteiger partial charge on any atom is 0.258 e. The summed E-state index contributed by atoms with van der Waals surface area (Å²) in [5.74, 6) is 0.00653. The van der Waals surface area contributed by atoms with Crippen LogP contribution < -0.4 is 14.8 Å². The van der Waals surface area contributed by atoms with Crippen LogP contribution in [0.15, 0.2) is 58.3 Å². The molecular formula is C22H29N3O6S2. The molecule has 2 aromatic rings. The molecule has 2 N–H and O–H groups in total. The van der Waals surface area contributed by atoms with E-state index in [4.69, 9.17) is 4.74 Å². The van der Waals surface area contributed by atoms with Crippen LogP contribution in [0.25, 0.3) is 0 Å². The van der Waals surface area contributed by atoms with E-state index in [-0.39, 0.29) is 34.9 Å². The van der Waals surface area contributed by atoms with Gasteiger partial charge in [0.15, 0.2) is 6.61 Å². The molecule has 1 saturated heterocycles. The minimum atomic E-state index is -3.59. The molecule has 0 radical (unpaired) electrons. The number of nitrogens with zero attached hydrogens (tertiary/aromatic N) is 1. The number of rotatable bonds is 10. The van der Waals surface area contributed by atoms with Gasteiger partial charge < -0.3 is 10.1 Å². The zero-order chi connectivity index (χ0) is 24.1. The minimum absolute atomic E-state index is 0.114. The molecule has 9 nitrogen and oxygen atoms in total. The Morgan fingerprint density at radius 2 is 1.52 bits per heavy atom. The smallest absolute Gasteiger partial charge is 0.258 e. The Labute approximate surface area is 195 Å². The van der Waals surface area contributed by atoms with E-state index < -0.39 is 20.0 Å². The molecule has 0 spiro atoms. The zero-order valence-electron chi connectivity index (χ0n) is 18.7. The molecule has 0 aliphatic carbocycles. The van der Waals surface area contributed by atoms with E-state index in [2.05, 4.69) is 10.0 Å². The first-order chi connectivity index (χ1) is 15.6. The van der Waals surface area contributed by atoms with Crippen molar-refractivity contribution >= 4 is 26.0 Å². The van der Waals surface area contributed by atoms with Gasteiger partial charge >= 0.3 is 0 Å². The van der Waals surface area contributed by atoms with Gasteiger partial charge in [-0.2, -0.15) is 4.31 Å². The summed E-state index contributed by atoms with van der Waals surface area (Å²) in [4.78, 5) is 12.5. The Balaban J connectivity index is 1.48. The molecule has 180 valence electrons. The SMILES string of the molecule is CC(C)NS(=O)(=O)c1ccc(OCC(=O)NCc2ccc(S(=O)(=O)N3CCCC3)cc2)cc1. The van der Waals surface area contributed by atoms with E-state index in [1.54, 1.807) is 38.1 Å². The maximum absolute atomic E-state index is 12.6. The van der Waals surface area contributed by atoms with Crippen molar-refractivity contribution in [3.05, 3.63) is 54.1 Å². The summed E-state index contributed by atoms with van der Waals surface area (Å²) in [5, 5.41) is 2.71. The van der Waals surface area contributed by atoms with Crippen molar-refractivity contribution in [1.29, 1.82) is 0 Å². The largest absolute Gasteiger partial charge is 0.484 e. The lowest BCUT2D eigenvalue weighted by atomic mass is 10.2. The van der Waals surface area contributed by atoms with Crippen LogP contribution in [0.3, 0.4) is 0 Å². The molecule has 1 amide bonds. The number of hydrogen-bond acceptors (Lipinski definition) is 6. The molecule has 0 aromatic heterocycles. The fourth-order valence-corrected chi connectivity index (χ4v) is 6.12. The van der Waals surface area contributed by atoms with Gasteiger partial charge in [0.2, 0.25) is 20.0 Å². The van der Waals surface area contributed by atoms with E-state index in [1.165, 1.54) is 28.6 Å². The topological polar surface area (TPSA) is 122 Å². The molecule has 3 rings (SSSR count). The molecule has 0 saturated carbocycles. The number of benzene rings is 2. The number of amides is 1. The minimum Gasteiger partial charge on any atom is -0.484 e. The third kappa shape index (κ3) is 6.76. The van der Waals surface area contributed by atoms with E-state index >= 15 is 0 Å². The lowest BCUT2D eigenvalue weighted by molar-refractivity contribution is -0.123. The average molecular weight is 496 g/mol. The second kappa shape index (κ2) is 10.6. The van der Waals surface area contributed by atoms with Crippen LogP contribution in [0.4, 0.5) is 0 Å². The monoisotopic (exact) mass is 495 g/mol. The third-order valence-electron chi connectivity index (χ3n) is 5.01. The van der Waals surface area contributed by atoms with Gasteiger partial charge in [0.05, 0.1) is 9.79 Å². The highest BCUT2D eigenvalue weighted by Gasteiger charge is 2.26. The Kier molecular flexibility index (Phi) is 8.11. The number of carbonyl (C=O) groups excluding carboxylic acids is 1. The van der Waals surface area contributed by atoms with Crippen molar-refractivity contribution in [2.24, 2.45) is 0 Å². The average Bonchev–Trinajstić information content (AvgIpc) is 3.32. The van der Waals surface area contributed by atoms with Crippen LogP contribution in [-0.2, 0) is 31.4 Å². The quantitative estimate of drug-likeness (QED) is 0.519. The van der Waals surface area contributed by atoms with Crippen molar-refractivity contribution in [2.75, 3.05) is 19.7 Å². The zero-order valence-corrected chi connectivity index (χ0v) is 20.3. The van der Waals surface area contributed by atoms with Crippen molar-refractivity contribution < 1.29 is 26.4 Å². The van der Waals surface area contributed by atoms with Gasteiger partial charge in [-0.25, -0.2) is 21.6 Å². The van der Waals surface area contributed by atoms with Gasteiger partial charge in [-0.1, -0.05) is 12.1 Å². The van der Waals surface area contributed by atoms with Crippen LogP contribution in [0.2, 0.25) is 0 Å². The van der Waals surface area contributed by atoms with E-state index in [9.17, 15) is 21.6 Å². The second-order valence-corrected chi connectivity index (χ2v) is 11.7. The van der Waals surface area contributed by atoms with E-state index in [0.29, 0.717) is 18.8 Å². The molecule has 0 bridgehead atoms. The fraction of sp³-hybridized carbons (Fsp3) is 0.409. The van der Waals surface area contributed by atoms with Crippen LogP contribution in [0.5, 0.6) is 5.75 Å². The first-order valence-electron chi connectivity index (χ1n) is 10.7. The summed E-state index contributed by atoms with van der Waals surface area (Å²) in [6, 6.07) is 12.0. The molecule has 1 heterocycles. The summed E-state index contributed by atoms with van der Waals surface area (Å²) < 4.78 is 58.8. The highest BCUT2D eigenvalue weighted by atomic mass is 32.2. The first-order valence-corrected chi connectivity index (χ1v) is 13.6. The third-order valence-corrected chi connectivity index (χ3v) is 8.60. The van der Waals surface area contributed by atoms with Crippen LogP contribution in [-0.4, -0.2) is 52.8 Å². The predicted molar refractivity (Wildman–Crippen MR) is 124 cm³/mol. The number of sulfonamides is 2. The summed E-state index contributed by atoms with van der Waals surface area (Å²) >= 11 is 0. The maximum atomic E-state index is 12.6. The van der Waals surface area contributed by atoms with Gasteiger partial charge in [-0.15, -0.1) is 0 Å². The van der Waals surface area contributed by atoms with E-state index in [0.717, 1.165) is 18.4 Å². The summed E-state index contributed by atoms with van der Waals surface area (Å²) in [6.45, 7) is 4.56. The molecule has 1 aliphatic heterocycles. The molecule has 33 heavy (non-hydrogen) atoms. The molecular weight excluding hydrogens is 466 g/mol. The summed E-state index contributed by atoms with van der Waals surface area (Å²) in [7, 11) is -7.05. The predicted octanol–water partition coefficient (Wildman–Crippen LogP) is 1.85. The number of hydrogen-bond donors (Lipinski definition) is 2. The summed E-state index contributed by atoms with van der Waals surface area (Å²) in [6.07, 6.45) is 1.76. The Morgan fingerprint density at radius 3 is 2.09 bits per heavy atom. The molecule has 0 atom stereocenters. The standard InChI is InChI=1S/C22H29N3O6S2/c1-17(2)24-32(27,28)20-11-7-19(8-12-20)31-16-22(26)23-15-18-5-9-21(10-6-18)33(29,30)25-13-3-4-14-25/h5-12,17,24H,3-4,13-16H2,1-2H3,(H,23,26). The molecule has 2 aromatic carbocycles. The van der Waals surface area contributed by atoms with Gasteiger partial charge in [-0.3, -0.25) is 4.79 Å². The lowest BCUT2D eigenvalue weighted by Crippen LogP contribution is -2.30. The second-order valence-electron chi connectivity index (χ2n) is 8.07. The highest BCUT2D eigenvalue weighted by Crippen LogP contribution is 2.21.